The van der Waals surface area contributed by atoms with E-state index in [-0.39, 0.29) is 5.97 Å². The van der Waals surface area contributed by atoms with Gasteiger partial charge in [0.25, 0.3) is 0 Å². The number of carbonyl (C=O) groups is 1. The molecule has 15 heavy (non-hydrogen) atoms. The lowest BCUT2D eigenvalue weighted by molar-refractivity contribution is -0.143. The third-order valence-corrected chi connectivity index (χ3v) is 6.04. The summed E-state index contributed by atoms with van der Waals surface area (Å²) < 4.78 is 16.2. The van der Waals surface area contributed by atoms with Crippen LogP contribution in [0.5, 0.6) is 0 Å². The fourth-order valence-electron chi connectivity index (χ4n) is 1.57. The molecule has 1 rings (SSSR count). The first kappa shape index (κ1) is 13.2. The highest BCUT2D eigenvalue weighted by Crippen LogP contribution is 2.33. The lowest BCUT2D eigenvalue weighted by atomic mass is 10.1. The Morgan fingerprint density at radius 1 is 1.60 bits per heavy atom. The monoisotopic (exact) mass is 250 g/mol. The predicted octanol–water partition coefficient (Wildman–Crippen LogP) is 2.28. The van der Waals surface area contributed by atoms with Crippen molar-refractivity contribution in [2.24, 2.45) is 0 Å². The molecule has 0 spiro atoms. The van der Waals surface area contributed by atoms with Crippen LogP contribution in [-0.2, 0) is 19.7 Å². The fraction of sp³-hybridized carbons (Fsp3) is 0.900. The maximum atomic E-state index is 11.4. The Balaban J connectivity index is 1.99. The molecule has 0 amide bonds. The third kappa shape index (κ3) is 5.13. The van der Waals surface area contributed by atoms with Crippen molar-refractivity contribution in [2.75, 3.05) is 12.4 Å². The predicted molar refractivity (Wildman–Crippen MR) is 64.1 cm³/mol. The summed E-state index contributed by atoms with van der Waals surface area (Å²) in [5.74, 6) is 0.911. The van der Waals surface area contributed by atoms with Crippen LogP contribution in [0.1, 0.15) is 39.0 Å². The van der Waals surface area contributed by atoms with Crippen molar-refractivity contribution >= 4 is 27.0 Å². The van der Waals surface area contributed by atoms with Crippen LogP contribution in [0.2, 0.25) is 0 Å². The normalized spacial score (nSPS) is 25.5. The molecular formula is C10H18O3S2. The molecule has 2 atom stereocenters. The lowest BCUT2D eigenvalue weighted by Crippen LogP contribution is -2.12. The molecule has 1 aliphatic heterocycles. The van der Waals surface area contributed by atoms with Crippen LogP contribution < -0.4 is 0 Å². The number of ether oxygens (including phenoxy) is 1. The average Bonchev–Trinajstić information content (AvgIpc) is 2.60. The molecule has 1 aliphatic rings. The number of carbonyl (C=O) groups excluding carboxylic acids is 1. The van der Waals surface area contributed by atoms with Crippen molar-refractivity contribution in [2.45, 2.75) is 44.3 Å². The molecule has 3 nitrogen and oxygen atoms in total. The fourth-order valence-corrected chi connectivity index (χ4v) is 5.06. The minimum atomic E-state index is -0.678. The van der Waals surface area contributed by atoms with Gasteiger partial charge in [-0.3, -0.25) is 4.79 Å². The molecule has 1 unspecified atom stereocenters. The first-order valence-electron chi connectivity index (χ1n) is 5.43. The van der Waals surface area contributed by atoms with E-state index in [1.165, 1.54) is 0 Å². The maximum absolute atomic E-state index is 11.4. The molecular weight excluding hydrogens is 232 g/mol. The molecule has 0 bridgehead atoms. The minimum absolute atomic E-state index is 0.112. The topological polar surface area (TPSA) is 49.4 Å². The van der Waals surface area contributed by atoms with Crippen LogP contribution in [0.15, 0.2) is 0 Å². The van der Waals surface area contributed by atoms with E-state index in [2.05, 4.69) is 0 Å². The summed E-state index contributed by atoms with van der Waals surface area (Å²) in [4.78, 5) is 11.0. The molecule has 88 valence electrons. The second-order valence-electron chi connectivity index (χ2n) is 3.54. The van der Waals surface area contributed by atoms with Gasteiger partial charge in [-0.15, -0.1) is 0 Å². The van der Waals surface area contributed by atoms with E-state index in [0.29, 0.717) is 18.3 Å². The SMILES string of the molecule is CCOC(=O)CCCC[C@H]1CCS[S+]1[O-]. The van der Waals surface area contributed by atoms with Gasteiger partial charge in [-0.25, -0.2) is 0 Å². The van der Waals surface area contributed by atoms with Crippen molar-refractivity contribution in [1.29, 1.82) is 0 Å². The van der Waals surface area contributed by atoms with Crippen molar-refractivity contribution in [3.63, 3.8) is 0 Å². The molecule has 0 aromatic heterocycles. The average molecular weight is 250 g/mol. The highest BCUT2D eigenvalue weighted by Gasteiger charge is 2.30. The zero-order valence-electron chi connectivity index (χ0n) is 9.07. The van der Waals surface area contributed by atoms with Crippen LogP contribution in [0.4, 0.5) is 0 Å². The van der Waals surface area contributed by atoms with Crippen LogP contribution in [0.3, 0.4) is 0 Å². The summed E-state index contributed by atoms with van der Waals surface area (Å²) in [5, 5.41) is 0.359. The van der Waals surface area contributed by atoms with Gasteiger partial charge in [-0.2, -0.15) is 0 Å². The van der Waals surface area contributed by atoms with Gasteiger partial charge in [0.2, 0.25) is 0 Å². The number of unbranched alkanes of at least 4 members (excludes halogenated alkanes) is 1. The maximum Gasteiger partial charge on any atom is 0.305 e. The summed E-state index contributed by atoms with van der Waals surface area (Å²) in [5.41, 5.74) is 0. The van der Waals surface area contributed by atoms with Crippen molar-refractivity contribution < 1.29 is 14.1 Å². The smallest absolute Gasteiger partial charge is 0.305 e. The van der Waals surface area contributed by atoms with Gasteiger partial charge < -0.3 is 9.29 Å². The third-order valence-electron chi connectivity index (χ3n) is 2.37. The highest BCUT2D eigenvalue weighted by atomic mass is 33.1. The molecule has 1 saturated heterocycles. The standard InChI is InChI=1S/C10H18O3S2/c1-2-13-10(11)6-4-3-5-9-7-8-14-15(9)12/h9H,2-8H2,1H3/t9-,15?/m0/s1. The van der Waals surface area contributed by atoms with E-state index in [1.54, 1.807) is 10.8 Å². The van der Waals surface area contributed by atoms with E-state index in [4.69, 9.17) is 4.74 Å². The van der Waals surface area contributed by atoms with Gasteiger partial charge in [0, 0.05) is 28.8 Å². The second-order valence-corrected chi connectivity index (χ2v) is 7.07. The van der Waals surface area contributed by atoms with Crippen molar-refractivity contribution in [3.05, 3.63) is 0 Å². The molecule has 0 N–H and O–H groups in total. The van der Waals surface area contributed by atoms with Crippen LogP contribution in [0.25, 0.3) is 0 Å². The zero-order valence-corrected chi connectivity index (χ0v) is 10.7. The summed E-state index contributed by atoms with van der Waals surface area (Å²) in [6.45, 7) is 2.28. The Kier molecular flexibility index (Phi) is 6.52. The van der Waals surface area contributed by atoms with Gasteiger partial charge in [0.1, 0.15) is 5.25 Å². The Morgan fingerprint density at radius 3 is 3.00 bits per heavy atom. The number of hydrogen-bond acceptors (Lipinski definition) is 4. The van der Waals surface area contributed by atoms with E-state index < -0.39 is 10.2 Å². The van der Waals surface area contributed by atoms with Crippen molar-refractivity contribution in [3.8, 4) is 0 Å². The van der Waals surface area contributed by atoms with Gasteiger partial charge in [-0.1, -0.05) is 0 Å². The van der Waals surface area contributed by atoms with E-state index >= 15 is 0 Å². The van der Waals surface area contributed by atoms with Crippen LogP contribution in [-0.4, -0.2) is 28.1 Å². The molecule has 0 aliphatic carbocycles. The summed E-state index contributed by atoms with van der Waals surface area (Å²) >= 11 is 0. The zero-order chi connectivity index (χ0) is 11.1. The van der Waals surface area contributed by atoms with E-state index in [0.717, 1.165) is 31.4 Å². The first-order valence-corrected chi connectivity index (χ1v) is 8.15. The summed E-state index contributed by atoms with van der Waals surface area (Å²) in [6.07, 6.45) is 4.39. The number of rotatable bonds is 6. The van der Waals surface area contributed by atoms with E-state index in [9.17, 15) is 9.35 Å². The quantitative estimate of drug-likeness (QED) is 0.314. The Labute approximate surface area is 97.9 Å². The Morgan fingerprint density at radius 2 is 2.40 bits per heavy atom. The largest absolute Gasteiger partial charge is 0.605 e. The van der Waals surface area contributed by atoms with E-state index in [1.807, 2.05) is 6.92 Å². The first-order chi connectivity index (χ1) is 7.24. The molecule has 1 fully saturated rings. The lowest BCUT2D eigenvalue weighted by Gasteiger charge is -2.10. The molecule has 0 aromatic carbocycles. The molecule has 0 saturated carbocycles. The Bertz CT molecular complexity index is 199. The van der Waals surface area contributed by atoms with Gasteiger partial charge in [-0.05, 0) is 26.2 Å². The molecule has 0 aromatic rings. The number of esters is 1. The minimum Gasteiger partial charge on any atom is -0.605 e. The number of hydrogen-bond donors (Lipinski definition) is 0. The molecule has 1 heterocycles. The van der Waals surface area contributed by atoms with Gasteiger partial charge >= 0.3 is 5.97 Å². The van der Waals surface area contributed by atoms with Crippen LogP contribution >= 0.6 is 10.8 Å². The molecule has 0 radical (unpaired) electrons. The summed E-state index contributed by atoms with van der Waals surface area (Å²) in [6, 6.07) is 0. The molecule has 5 heteroatoms. The second kappa shape index (κ2) is 7.41. The highest BCUT2D eigenvalue weighted by molar-refractivity contribution is 8.72. The van der Waals surface area contributed by atoms with Gasteiger partial charge in [0.05, 0.1) is 17.4 Å². The van der Waals surface area contributed by atoms with Gasteiger partial charge in [0.15, 0.2) is 0 Å². The van der Waals surface area contributed by atoms with Crippen molar-refractivity contribution in [1.82, 2.24) is 0 Å². The summed E-state index contributed by atoms with van der Waals surface area (Å²) in [7, 11) is 0.881. The Hall–Kier alpha value is 0.130. The van der Waals surface area contributed by atoms with Crippen LogP contribution in [0, 0.1) is 0 Å².